The zero-order valence-corrected chi connectivity index (χ0v) is 9.49. The second-order valence-corrected chi connectivity index (χ2v) is 5.00. The molecule has 1 aliphatic heterocycles. The van der Waals surface area contributed by atoms with Crippen LogP contribution in [0.4, 0.5) is 0 Å². The average Bonchev–Trinajstić information content (AvgIpc) is 2.30. The average molecular weight is 200 g/mol. The van der Waals surface area contributed by atoms with E-state index >= 15 is 0 Å². The third-order valence-electron chi connectivity index (χ3n) is 2.92. The largest absolute Gasteiger partial charge is 0.393 e. The minimum atomic E-state index is 0.399. The molecule has 0 aliphatic carbocycles. The van der Waals surface area contributed by atoms with E-state index in [0.29, 0.717) is 10.5 Å². The van der Waals surface area contributed by atoms with Gasteiger partial charge in [0.1, 0.15) is 0 Å². The third-order valence-corrected chi connectivity index (χ3v) is 3.13. The number of hydrogen-bond donors (Lipinski definition) is 1. The van der Waals surface area contributed by atoms with Gasteiger partial charge in [-0.25, -0.2) is 0 Å². The molecule has 76 valence electrons. The summed E-state index contributed by atoms with van der Waals surface area (Å²) >= 11 is 4.85. The van der Waals surface area contributed by atoms with E-state index in [1.165, 1.54) is 19.4 Å². The molecule has 2 N–H and O–H groups in total. The first-order valence-electron chi connectivity index (χ1n) is 5.06. The van der Waals surface area contributed by atoms with Crippen molar-refractivity contribution in [2.75, 3.05) is 13.1 Å². The first-order chi connectivity index (χ1) is 6.02. The molecule has 0 atom stereocenters. The van der Waals surface area contributed by atoms with Crippen LogP contribution < -0.4 is 5.73 Å². The van der Waals surface area contributed by atoms with E-state index in [2.05, 4.69) is 18.7 Å². The third kappa shape index (κ3) is 3.24. The van der Waals surface area contributed by atoms with Crippen LogP contribution in [-0.4, -0.2) is 28.5 Å². The zero-order chi connectivity index (χ0) is 9.90. The summed E-state index contributed by atoms with van der Waals surface area (Å²) in [4.78, 5) is 3.20. The minimum Gasteiger partial charge on any atom is -0.393 e. The summed E-state index contributed by atoms with van der Waals surface area (Å²) in [7, 11) is 0. The molecule has 1 heterocycles. The molecule has 1 fully saturated rings. The maximum atomic E-state index is 5.46. The predicted octanol–water partition coefficient (Wildman–Crippen LogP) is 1.93. The second-order valence-electron chi connectivity index (χ2n) is 4.47. The molecule has 0 saturated carbocycles. The van der Waals surface area contributed by atoms with Crippen LogP contribution in [0.15, 0.2) is 0 Å². The summed E-state index contributed by atoms with van der Waals surface area (Å²) in [6.45, 7) is 7.02. The van der Waals surface area contributed by atoms with Crippen molar-refractivity contribution in [1.29, 1.82) is 0 Å². The van der Waals surface area contributed by atoms with Gasteiger partial charge >= 0.3 is 0 Å². The van der Waals surface area contributed by atoms with Gasteiger partial charge in [-0.3, -0.25) is 4.90 Å². The van der Waals surface area contributed by atoms with Crippen molar-refractivity contribution >= 4 is 17.2 Å². The van der Waals surface area contributed by atoms with Crippen LogP contribution in [0.1, 0.15) is 39.5 Å². The summed E-state index contributed by atoms with van der Waals surface area (Å²) in [5.74, 6) is 0. The molecule has 1 rings (SSSR count). The number of rotatable bonds is 4. The molecule has 0 aromatic heterocycles. The molecule has 2 nitrogen and oxygen atoms in total. The van der Waals surface area contributed by atoms with E-state index in [9.17, 15) is 0 Å². The Morgan fingerprint density at radius 2 is 2.23 bits per heavy atom. The molecule has 0 aromatic rings. The fourth-order valence-corrected chi connectivity index (χ4v) is 2.17. The molecule has 13 heavy (non-hydrogen) atoms. The highest BCUT2D eigenvalue weighted by Crippen LogP contribution is 2.27. The van der Waals surface area contributed by atoms with Crippen LogP contribution in [-0.2, 0) is 0 Å². The Balaban J connectivity index is 2.25. The summed E-state index contributed by atoms with van der Waals surface area (Å²) in [6.07, 6.45) is 4.65. The molecule has 0 radical (unpaired) electrons. The van der Waals surface area contributed by atoms with Crippen LogP contribution in [0.5, 0.6) is 0 Å². The molecule has 0 spiro atoms. The molecule has 1 saturated heterocycles. The number of nitrogens with two attached hydrogens (primary N) is 1. The lowest BCUT2D eigenvalue weighted by Crippen LogP contribution is -2.38. The van der Waals surface area contributed by atoms with Gasteiger partial charge in [-0.2, -0.15) is 0 Å². The normalized spacial score (nSPS) is 22.0. The van der Waals surface area contributed by atoms with Crippen molar-refractivity contribution in [3.05, 3.63) is 0 Å². The SMILES string of the molecule is CC1(C)CCCN1CCCC(N)=S. The number of hydrogen-bond acceptors (Lipinski definition) is 2. The summed E-state index contributed by atoms with van der Waals surface area (Å²) in [5, 5.41) is 0. The van der Waals surface area contributed by atoms with Gasteiger partial charge in [-0.05, 0) is 52.6 Å². The van der Waals surface area contributed by atoms with Gasteiger partial charge in [-0.1, -0.05) is 12.2 Å². The van der Waals surface area contributed by atoms with Crippen molar-refractivity contribution in [3.8, 4) is 0 Å². The van der Waals surface area contributed by atoms with Crippen LogP contribution in [0.25, 0.3) is 0 Å². The first kappa shape index (κ1) is 10.9. The zero-order valence-electron chi connectivity index (χ0n) is 8.68. The topological polar surface area (TPSA) is 29.3 Å². The quantitative estimate of drug-likeness (QED) is 0.703. The molecule has 0 unspecified atom stereocenters. The van der Waals surface area contributed by atoms with Gasteiger partial charge in [0.15, 0.2) is 0 Å². The highest BCUT2D eigenvalue weighted by Gasteiger charge is 2.30. The first-order valence-corrected chi connectivity index (χ1v) is 5.46. The van der Waals surface area contributed by atoms with E-state index in [0.717, 1.165) is 19.4 Å². The highest BCUT2D eigenvalue weighted by molar-refractivity contribution is 7.80. The predicted molar refractivity (Wildman–Crippen MR) is 60.9 cm³/mol. The number of nitrogens with zero attached hydrogens (tertiary/aromatic N) is 1. The van der Waals surface area contributed by atoms with Gasteiger partial charge in [0.2, 0.25) is 0 Å². The lowest BCUT2D eigenvalue weighted by Gasteiger charge is -2.31. The van der Waals surface area contributed by atoms with Crippen LogP contribution in [0, 0.1) is 0 Å². The van der Waals surface area contributed by atoms with E-state index in [4.69, 9.17) is 18.0 Å². The molecule has 0 bridgehead atoms. The van der Waals surface area contributed by atoms with Crippen molar-refractivity contribution < 1.29 is 0 Å². The Morgan fingerprint density at radius 1 is 1.54 bits per heavy atom. The van der Waals surface area contributed by atoms with Crippen LogP contribution in [0.3, 0.4) is 0 Å². The summed E-state index contributed by atoms with van der Waals surface area (Å²) < 4.78 is 0. The molecule has 3 heteroatoms. The highest BCUT2D eigenvalue weighted by atomic mass is 32.1. The van der Waals surface area contributed by atoms with Gasteiger partial charge in [0, 0.05) is 5.54 Å². The van der Waals surface area contributed by atoms with Gasteiger partial charge in [-0.15, -0.1) is 0 Å². The Bertz CT molecular complexity index is 189. The smallest absolute Gasteiger partial charge is 0.0727 e. The number of thiocarbonyl (C=S) groups is 1. The lowest BCUT2D eigenvalue weighted by molar-refractivity contribution is 0.174. The molecule has 1 aliphatic rings. The summed E-state index contributed by atoms with van der Waals surface area (Å²) in [5.41, 5.74) is 5.86. The molecule has 0 aromatic carbocycles. The maximum absolute atomic E-state index is 5.46. The fraction of sp³-hybridized carbons (Fsp3) is 0.900. The molecular formula is C10H20N2S. The van der Waals surface area contributed by atoms with Crippen molar-refractivity contribution in [2.45, 2.75) is 45.1 Å². The van der Waals surface area contributed by atoms with Crippen molar-refractivity contribution in [1.82, 2.24) is 4.90 Å². The maximum Gasteiger partial charge on any atom is 0.0727 e. The van der Waals surface area contributed by atoms with Gasteiger partial charge < -0.3 is 5.73 Å². The standard InChI is InChI=1S/C10H20N2S/c1-10(2)6-4-8-12(10)7-3-5-9(11)13/h3-8H2,1-2H3,(H2,11,13). The Kier molecular flexibility index (Phi) is 3.68. The Morgan fingerprint density at radius 3 is 2.69 bits per heavy atom. The van der Waals surface area contributed by atoms with Crippen molar-refractivity contribution in [3.63, 3.8) is 0 Å². The van der Waals surface area contributed by atoms with Crippen LogP contribution in [0.2, 0.25) is 0 Å². The van der Waals surface area contributed by atoms with E-state index in [1.54, 1.807) is 0 Å². The van der Waals surface area contributed by atoms with Crippen LogP contribution >= 0.6 is 12.2 Å². The molecule has 0 amide bonds. The van der Waals surface area contributed by atoms with E-state index in [1.807, 2.05) is 0 Å². The van der Waals surface area contributed by atoms with E-state index in [-0.39, 0.29) is 0 Å². The Labute approximate surface area is 86.5 Å². The number of likely N-dealkylation sites (tertiary alicyclic amines) is 1. The van der Waals surface area contributed by atoms with Gasteiger partial charge in [0.05, 0.1) is 4.99 Å². The fourth-order valence-electron chi connectivity index (χ4n) is 2.02. The van der Waals surface area contributed by atoms with Crippen molar-refractivity contribution in [2.24, 2.45) is 5.73 Å². The monoisotopic (exact) mass is 200 g/mol. The Hall–Kier alpha value is -0.150. The second kappa shape index (κ2) is 4.38. The lowest BCUT2D eigenvalue weighted by atomic mass is 10.0. The summed E-state index contributed by atoms with van der Waals surface area (Å²) in [6, 6.07) is 0. The molecular weight excluding hydrogens is 180 g/mol. The minimum absolute atomic E-state index is 0.399. The van der Waals surface area contributed by atoms with Gasteiger partial charge in [0.25, 0.3) is 0 Å². The van der Waals surface area contributed by atoms with E-state index < -0.39 is 0 Å².